The van der Waals surface area contributed by atoms with Crippen LogP contribution in [0.5, 0.6) is 23.3 Å². The number of carbonyl (C=O) groups is 6. The lowest BCUT2D eigenvalue weighted by molar-refractivity contribution is -0.119. The van der Waals surface area contributed by atoms with E-state index in [4.69, 9.17) is 46.9 Å². The molecule has 3 N–H and O–H groups in total. The number of aliphatic hydroxyl groups is 1. The summed E-state index contributed by atoms with van der Waals surface area (Å²) in [6.45, 7) is 10.2. The molecule has 28 heteroatoms. The summed E-state index contributed by atoms with van der Waals surface area (Å²) in [6, 6.07) is 22.7. The maximum Gasteiger partial charge on any atom is 0.286 e. The summed E-state index contributed by atoms with van der Waals surface area (Å²) in [4.78, 5) is 85.4. The number of hydrogen-bond acceptors (Lipinski definition) is 18. The number of carbonyl (C=O) groups excluding carboxylic acids is 6. The topological polar surface area (TPSA) is 294 Å². The van der Waals surface area contributed by atoms with Gasteiger partial charge in [0.1, 0.15) is 54.0 Å². The van der Waals surface area contributed by atoms with Gasteiger partial charge in [-0.05, 0) is 208 Å². The molecule has 582 valence electrons. The lowest BCUT2D eigenvalue weighted by atomic mass is 9.68. The highest BCUT2D eigenvalue weighted by atomic mass is 35.5. The van der Waals surface area contributed by atoms with Gasteiger partial charge in [0.05, 0.1) is 62.5 Å². The molecule has 6 aromatic rings. The molecular formula is C81H98Cl2N10O14S2. The number of methoxy groups -OCH3 is 3. The molecule has 14 atom stereocenters. The number of ether oxygens (including phenoxy) is 5. The number of anilines is 2. The van der Waals surface area contributed by atoms with Crippen molar-refractivity contribution >= 4 is 89.6 Å². The molecule has 2 unspecified atom stereocenters. The Bertz CT molecular complexity index is 4870. The third-order valence-electron chi connectivity index (χ3n) is 23.6. The van der Waals surface area contributed by atoms with E-state index in [0.29, 0.717) is 66.9 Å². The molecule has 109 heavy (non-hydrogen) atoms. The van der Waals surface area contributed by atoms with Crippen molar-refractivity contribution in [2.75, 3.05) is 82.0 Å². The molecule has 6 heterocycles. The number of nitrogens with zero attached hydrogens (tertiary/aromatic N) is 8. The molecule has 0 radical (unpaired) electrons. The number of hydrogen-bond donors (Lipinski definition) is 3. The molecule has 4 aromatic carbocycles. The van der Waals surface area contributed by atoms with Gasteiger partial charge in [-0.2, -0.15) is 0 Å². The maximum absolute atomic E-state index is 14.9. The van der Waals surface area contributed by atoms with Gasteiger partial charge in [-0.3, -0.25) is 38.0 Å². The zero-order chi connectivity index (χ0) is 77.4. The summed E-state index contributed by atoms with van der Waals surface area (Å²) in [7, 11) is 0.0909. The number of benzene rings is 4. The minimum absolute atomic E-state index is 0.0155. The summed E-state index contributed by atoms with van der Waals surface area (Å²) in [5, 5.41) is 21.3. The van der Waals surface area contributed by atoms with Crippen molar-refractivity contribution in [1.29, 1.82) is 0 Å². The Morgan fingerprint density at radius 2 is 1.12 bits per heavy atom. The van der Waals surface area contributed by atoms with Crippen molar-refractivity contribution in [3.8, 4) is 23.3 Å². The van der Waals surface area contributed by atoms with E-state index in [9.17, 15) is 42.3 Å². The molecule has 4 bridgehead atoms. The first-order valence-corrected chi connectivity index (χ1v) is 41.7. The van der Waals surface area contributed by atoms with E-state index in [2.05, 4.69) is 68.5 Å². The second-order valence-electron chi connectivity index (χ2n) is 31.4. The number of halogens is 2. The number of aliphatic hydroxyl groups excluding tert-OH is 1. The van der Waals surface area contributed by atoms with Gasteiger partial charge in [-0.1, -0.05) is 73.5 Å². The van der Waals surface area contributed by atoms with Crippen molar-refractivity contribution in [2.45, 2.75) is 128 Å². The lowest BCUT2D eigenvalue weighted by Gasteiger charge is -2.46. The van der Waals surface area contributed by atoms with E-state index < -0.39 is 67.3 Å². The maximum atomic E-state index is 14.9. The molecule has 4 aliphatic heterocycles. The van der Waals surface area contributed by atoms with Crippen molar-refractivity contribution < 1.29 is 66.0 Å². The molecule has 4 amide bonds. The third kappa shape index (κ3) is 17.1. The van der Waals surface area contributed by atoms with Gasteiger partial charge in [0.25, 0.3) is 23.6 Å². The molecule has 24 nitrogen and oxygen atoms in total. The Balaban J connectivity index is 0.000000192. The number of Topliss-reactive ketones (excluding diaryl/α,β-unsaturated/α-hetero) is 2. The molecule has 4 aliphatic carbocycles. The third-order valence-corrected chi connectivity index (χ3v) is 27.9. The Morgan fingerprint density at radius 3 is 1.58 bits per heavy atom. The monoisotopic (exact) mass is 1570 g/mol. The van der Waals surface area contributed by atoms with Gasteiger partial charge >= 0.3 is 0 Å². The van der Waals surface area contributed by atoms with E-state index >= 15 is 0 Å². The van der Waals surface area contributed by atoms with Gasteiger partial charge in [0.15, 0.2) is 0 Å². The predicted molar refractivity (Wildman–Crippen MR) is 418 cm³/mol. The molecule has 8 aliphatic rings. The quantitative estimate of drug-likeness (QED) is 0.102. The standard InChI is InChI=1S/C41H50ClN5O7S.C40H48ClN5O7S/c1-25-22-55(51,45-39(50)33-21-46(3)43-40(33)53-5)44-38(49)29-10-15-37-35(19-29)47(20-30-8-12-32(30)36(52-4)14-9-27(25)17-26(2)48)23-41(24-54-37)16-6-7-28-18-31(42)11-13-34(28)41;1-24-21-54(51,44-38(50)32-20-45(3)42-39(32)52-4)43-37(49)28-10-14-36-34(18-28)46(19-29-8-7-26(29)9-13-35(48)31(24)16-25(2)47)22-40(23-53-36)15-5-6-27-17-30(41)11-12-33(27)40/h9-11,13-15,18-19,21,25,27,30,32,36H,6-8,12,16-17,20,22-24H2,1-5H3,(H,44,45,49,50,51);9-14,17-18,20,24,26,29,31,35,48H,5-8,15-16,19,21-23H2,1-4H3,(H,43,44,49,50,51)/b14-9+;13-9+/t25-,27-,30+,32-,36+,41+,55?;24-,26+,29+,31-,35-,40+,54?/m11/s1. The van der Waals surface area contributed by atoms with E-state index in [1.165, 1.54) is 72.1 Å². The molecule has 2 saturated carbocycles. The average molecular weight is 1570 g/mol. The summed E-state index contributed by atoms with van der Waals surface area (Å²) in [5.41, 5.74) is 6.29. The summed E-state index contributed by atoms with van der Waals surface area (Å²) >= 11 is 12.9. The van der Waals surface area contributed by atoms with E-state index in [1.807, 2.05) is 31.2 Å². The van der Waals surface area contributed by atoms with E-state index in [0.717, 1.165) is 75.6 Å². The lowest BCUT2D eigenvalue weighted by Crippen LogP contribution is -2.49. The van der Waals surface area contributed by atoms with Crippen LogP contribution < -0.4 is 38.2 Å². The molecule has 2 aromatic heterocycles. The number of ketones is 2. The molecule has 0 saturated heterocycles. The van der Waals surface area contributed by atoms with E-state index in [1.54, 1.807) is 70.6 Å². The number of aromatic nitrogens is 4. The van der Waals surface area contributed by atoms with Crippen LogP contribution in [0, 0.1) is 47.3 Å². The van der Waals surface area contributed by atoms with Crippen LogP contribution in [-0.4, -0.2) is 153 Å². The van der Waals surface area contributed by atoms with Gasteiger partial charge < -0.3 is 48.2 Å². The molecule has 2 fully saturated rings. The first-order valence-electron chi connectivity index (χ1n) is 37.6. The largest absolute Gasteiger partial charge is 0.490 e. The number of amides is 4. The Labute approximate surface area is 648 Å². The zero-order valence-corrected chi connectivity index (χ0v) is 66.4. The number of aryl methyl sites for hydroxylation is 4. The van der Waals surface area contributed by atoms with E-state index in [-0.39, 0.29) is 111 Å². The van der Waals surface area contributed by atoms with Crippen LogP contribution in [0.1, 0.15) is 156 Å². The van der Waals surface area contributed by atoms with Crippen LogP contribution in [0.15, 0.2) is 118 Å². The van der Waals surface area contributed by atoms with Crippen molar-refractivity contribution in [2.24, 2.45) is 70.2 Å². The second kappa shape index (κ2) is 32.5. The van der Waals surface area contributed by atoms with Gasteiger partial charge in [0.2, 0.25) is 11.8 Å². The Hall–Kier alpha value is -8.40. The van der Waals surface area contributed by atoms with Gasteiger partial charge in [0, 0.05) is 105 Å². The minimum atomic E-state index is -3.85. The van der Waals surface area contributed by atoms with Crippen LogP contribution in [0.3, 0.4) is 0 Å². The highest BCUT2D eigenvalue weighted by molar-refractivity contribution is 7.92. The molecular weight excluding hydrogens is 1470 g/mol. The predicted octanol–water partition coefficient (Wildman–Crippen LogP) is 12.0. The first-order chi connectivity index (χ1) is 52.1. The SMILES string of the molecule is COc1nn(C)cc1C(=O)NS1(=O)=NC(=O)c2ccc3c(c2)N(C[C@@H]2CC[C@H]2/C=C/[C@@H](O)[C@H](CC(C)=O)[C@H](C)C1)C[C@@]1(CCCc2cc(Cl)ccc21)CO3.COc1nn(C)cc1C(=O)NS1(=O)=NC(=O)c2ccc3c(c2)N(C[C@@H]2CC[C@H]2[C@@H](OC)/C=C/[C@H](CC(C)=O)[C@H](C)C1)C[C@@]1(CCCc2cc(Cl)ccc21)CO3. The molecule has 14 rings (SSSR count). The summed E-state index contributed by atoms with van der Waals surface area (Å²) < 4.78 is 76.2. The van der Waals surface area contributed by atoms with Crippen molar-refractivity contribution in [1.82, 2.24) is 29.0 Å². The van der Waals surface area contributed by atoms with Crippen LogP contribution in [0.25, 0.3) is 0 Å². The first kappa shape index (κ1) is 78.7. The van der Waals surface area contributed by atoms with Crippen molar-refractivity contribution in [3.63, 3.8) is 0 Å². The van der Waals surface area contributed by atoms with Crippen LogP contribution in [-0.2, 0) is 71.9 Å². The van der Waals surface area contributed by atoms with Crippen LogP contribution in [0.4, 0.5) is 11.4 Å². The Morgan fingerprint density at radius 1 is 0.624 bits per heavy atom. The van der Waals surface area contributed by atoms with Gasteiger partial charge in [-0.25, -0.2) is 8.42 Å². The number of rotatable bonds is 11. The highest BCUT2D eigenvalue weighted by Gasteiger charge is 2.47. The normalized spacial score (nSPS) is 29.9. The fourth-order valence-electron chi connectivity index (χ4n) is 17.7. The number of allylic oxidation sites excluding steroid dienone is 2. The summed E-state index contributed by atoms with van der Waals surface area (Å²) in [5.74, 6) is -3.38. The molecule has 2 spiro atoms. The fourth-order valence-corrected chi connectivity index (χ4v) is 22.0. The highest BCUT2D eigenvalue weighted by Crippen LogP contribution is 2.50. The Kier molecular flexibility index (Phi) is 23.5. The summed E-state index contributed by atoms with van der Waals surface area (Å²) in [6.07, 6.45) is 19.4. The zero-order valence-electron chi connectivity index (χ0n) is 63.2. The van der Waals surface area contributed by atoms with Crippen LogP contribution in [0.2, 0.25) is 10.0 Å². The second-order valence-corrected chi connectivity index (χ2v) is 36.2. The number of fused-ring (bicyclic) bond motifs is 8. The van der Waals surface area contributed by atoms with Crippen molar-refractivity contribution in [3.05, 3.63) is 164 Å². The average Bonchev–Trinajstić information content (AvgIpc) is 1.26. The smallest absolute Gasteiger partial charge is 0.286 e. The van der Waals surface area contributed by atoms with Crippen LogP contribution >= 0.6 is 23.2 Å². The minimum Gasteiger partial charge on any atom is -0.490 e. The fraction of sp³-hybridized carbons (Fsp3) is 0.506. The van der Waals surface area contributed by atoms with Gasteiger partial charge in [-0.15, -0.1) is 18.9 Å². The number of nitrogens with one attached hydrogen (secondary N) is 2.